The van der Waals surface area contributed by atoms with Crippen LogP contribution in [0.5, 0.6) is 40.2 Å². The SMILES string of the molecule is Cc1cc(Cc2ccc3cc(O)cc(O)c3c2O)c(O)c(Cc2ccc3cc(O)cc(O)c3c2O)c1. The van der Waals surface area contributed by atoms with Gasteiger partial charge in [0.15, 0.2) is 0 Å². The van der Waals surface area contributed by atoms with Gasteiger partial charge >= 0.3 is 0 Å². The highest BCUT2D eigenvalue weighted by Gasteiger charge is 2.18. The highest BCUT2D eigenvalue weighted by Crippen LogP contribution is 2.42. The largest absolute Gasteiger partial charge is 0.508 e. The Morgan fingerprint density at radius 2 is 0.889 bits per heavy atom. The Balaban J connectivity index is 1.54. The molecule has 0 radical (unpaired) electrons. The van der Waals surface area contributed by atoms with Crippen molar-refractivity contribution in [3.63, 3.8) is 0 Å². The first-order valence-corrected chi connectivity index (χ1v) is 11.3. The summed E-state index contributed by atoms with van der Waals surface area (Å²) in [5, 5.41) is 74.1. The monoisotopic (exact) mass is 484 g/mol. The maximum atomic E-state index is 11.1. The third-order valence-electron chi connectivity index (χ3n) is 6.45. The molecule has 0 aliphatic carbocycles. The van der Waals surface area contributed by atoms with Crippen molar-refractivity contribution in [2.75, 3.05) is 0 Å². The minimum absolute atomic E-state index is 0.00412. The molecule has 0 aliphatic heterocycles. The van der Waals surface area contributed by atoms with Crippen LogP contribution in [0.3, 0.4) is 0 Å². The fourth-order valence-electron chi connectivity index (χ4n) is 4.80. The van der Waals surface area contributed by atoms with Crippen LogP contribution < -0.4 is 0 Å². The second kappa shape index (κ2) is 8.46. The second-order valence-corrected chi connectivity index (χ2v) is 9.06. The van der Waals surface area contributed by atoms with Crippen LogP contribution in [0.25, 0.3) is 21.5 Å². The average Bonchev–Trinajstić information content (AvgIpc) is 2.79. The molecule has 5 aromatic rings. The van der Waals surface area contributed by atoms with Gasteiger partial charge in [0.1, 0.15) is 40.2 Å². The summed E-state index contributed by atoms with van der Waals surface area (Å²) >= 11 is 0. The highest BCUT2D eigenvalue weighted by atomic mass is 16.3. The summed E-state index contributed by atoms with van der Waals surface area (Å²) in [6, 6.07) is 15.5. The Labute approximate surface area is 206 Å². The van der Waals surface area contributed by atoms with E-state index < -0.39 is 0 Å². The van der Waals surface area contributed by atoms with Crippen molar-refractivity contribution in [2.45, 2.75) is 19.8 Å². The third kappa shape index (κ3) is 3.90. The fourth-order valence-corrected chi connectivity index (χ4v) is 4.80. The van der Waals surface area contributed by atoms with Gasteiger partial charge in [-0.05, 0) is 52.1 Å². The van der Waals surface area contributed by atoms with E-state index in [9.17, 15) is 35.7 Å². The molecular weight excluding hydrogens is 460 g/mol. The molecule has 0 spiro atoms. The van der Waals surface area contributed by atoms with E-state index in [-0.39, 0.29) is 63.9 Å². The molecule has 0 fully saturated rings. The zero-order valence-electron chi connectivity index (χ0n) is 19.3. The minimum Gasteiger partial charge on any atom is -0.508 e. The van der Waals surface area contributed by atoms with Crippen LogP contribution in [-0.2, 0) is 12.8 Å². The molecule has 0 heterocycles. The lowest BCUT2D eigenvalue weighted by atomic mass is 9.93. The van der Waals surface area contributed by atoms with Crippen LogP contribution in [0.2, 0.25) is 0 Å². The van der Waals surface area contributed by atoms with E-state index in [1.807, 2.05) is 6.92 Å². The quantitative estimate of drug-likeness (QED) is 0.181. The number of benzene rings is 5. The van der Waals surface area contributed by atoms with E-state index >= 15 is 0 Å². The van der Waals surface area contributed by atoms with Crippen LogP contribution in [0.4, 0.5) is 0 Å². The van der Waals surface area contributed by atoms with Crippen molar-refractivity contribution in [1.82, 2.24) is 0 Å². The van der Waals surface area contributed by atoms with E-state index in [1.54, 1.807) is 36.4 Å². The molecule has 0 aromatic heterocycles. The van der Waals surface area contributed by atoms with Crippen molar-refractivity contribution in [1.29, 1.82) is 0 Å². The van der Waals surface area contributed by atoms with Gasteiger partial charge in [0.2, 0.25) is 0 Å². The number of hydrogen-bond donors (Lipinski definition) is 7. The first-order valence-electron chi connectivity index (χ1n) is 11.3. The van der Waals surface area contributed by atoms with Gasteiger partial charge in [-0.2, -0.15) is 0 Å². The van der Waals surface area contributed by atoms with Crippen molar-refractivity contribution in [2.24, 2.45) is 0 Å². The van der Waals surface area contributed by atoms with Gasteiger partial charge in [0, 0.05) is 25.0 Å². The molecule has 7 heteroatoms. The van der Waals surface area contributed by atoms with Crippen LogP contribution in [-0.4, -0.2) is 35.7 Å². The van der Waals surface area contributed by atoms with Crippen molar-refractivity contribution < 1.29 is 35.7 Å². The molecule has 5 rings (SSSR count). The zero-order valence-corrected chi connectivity index (χ0v) is 19.3. The number of rotatable bonds is 4. The summed E-state index contributed by atoms with van der Waals surface area (Å²) in [6.07, 6.45) is 0.346. The van der Waals surface area contributed by atoms with Crippen molar-refractivity contribution in [3.05, 3.63) is 88.5 Å². The molecule has 0 saturated heterocycles. The molecule has 0 atom stereocenters. The maximum absolute atomic E-state index is 11.1. The van der Waals surface area contributed by atoms with Gasteiger partial charge in [0.05, 0.1) is 10.8 Å². The summed E-state index contributed by atoms with van der Waals surface area (Å²) in [5.74, 6) is -1.00. The third-order valence-corrected chi connectivity index (χ3v) is 6.45. The standard InChI is InChI=1S/C29H24O7/c1-14-6-19(8-17-4-2-15-10-21(30)12-23(32)25(15)28(17)35)27(34)20(7-14)9-18-5-3-16-11-22(31)13-24(33)26(16)29(18)36/h2-7,10-13,30-36H,8-9H2,1H3. The Morgan fingerprint density at radius 3 is 1.31 bits per heavy atom. The summed E-state index contributed by atoms with van der Waals surface area (Å²) in [6.45, 7) is 1.87. The van der Waals surface area contributed by atoms with Gasteiger partial charge in [-0.3, -0.25) is 0 Å². The predicted molar refractivity (Wildman–Crippen MR) is 136 cm³/mol. The smallest absolute Gasteiger partial charge is 0.130 e. The molecule has 0 amide bonds. The van der Waals surface area contributed by atoms with E-state index in [0.717, 1.165) is 17.7 Å². The van der Waals surface area contributed by atoms with Gasteiger partial charge in [0.25, 0.3) is 0 Å². The van der Waals surface area contributed by atoms with Gasteiger partial charge in [-0.15, -0.1) is 0 Å². The number of phenolic OH excluding ortho intramolecular Hbond substituents is 7. The molecule has 7 N–H and O–H groups in total. The molecule has 36 heavy (non-hydrogen) atoms. The predicted octanol–water partition coefficient (Wildman–Crippen LogP) is 5.42. The summed E-state index contributed by atoms with van der Waals surface area (Å²) in [7, 11) is 0. The Morgan fingerprint density at radius 1 is 0.472 bits per heavy atom. The number of aryl methyl sites for hydroxylation is 1. The van der Waals surface area contributed by atoms with Crippen LogP contribution >= 0.6 is 0 Å². The Hall–Kier alpha value is -4.78. The average molecular weight is 485 g/mol. The van der Waals surface area contributed by atoms with Gasteiger partial charge in [-0.25, -0.2) is 0 Å². The van der Waals surface area contributed by atoms with E-state index in [2.05, 4.69) is 0 Å². The van der Waals surface area contributed by atoms with Crippen LogP contribution in [0, 0.1) is 6.92 Å². The molecule has 0 aliphatic rings. The number of fused-ring (bicyclic) bond motifs is 2. The molecule has 0 bridgehead atoms. The lowest BCUT2D eigenvalue weighted by Crippen LogP contribution is -1.97. The second-order valence-electron chi connectivity index (χ2n) is 9.06. The van der Waals surface area contributed by atoms with Crippen molar-refractivity contribution >= 4 is 21.5 Å². The molecule has 182 valence electrons. The summed E-state index contributed by atoms with van der Waals surface area (Å²) in [5.41, 5.74) is 2.91. The lowest BCUT2D eigenvalue weighted by molar-refractivity contribution is 0.446. The number of hydrogen-bond acceptors (Lipinski definition) is 7. The zero-order chi connectivity index (χ0) is 25.7. The van der Waals surface area contributed by atoms with E-state index in [0.29, 0.717) is 33.0 Å². The first kappa shape index (κ1) is 23.0. The molecule has 0 unspecified atom stereocenters. The van der Waals surface area contributed by atoms with Gasteiger partial charge in [-0.1, -0.05) is 42.0 Å². The molecule has 5 aromatic carbocycles. The Bertz CT molecular complexity index is 1550. The topological polar surface area (TPSA) is 142 Å². The van der Waals surface area contributed by atoms with Crippen molar-refractivity contribution in [3.8, 4) is 40.2 Å². The molecule has 0 saturated carbocycles. The highest BCUT2D eigenvalue weighted by molar-refractivity contribution is 5.96. The van der Waals surface area contributed by atoms with Crippen LogP contribution in [0.15, 0.2) is 60.7 Å². The van der Waals surface area contributed by atoms with E-state index in [4.69, 9.17) is 0 Å². The number of aromatic hydroxyl groups is 7. The van der Waals surface area contributed by atoms with Crippen LogP contribution in [0.1, 0.15) is 27.8 Å². The minimum atomic E-state index is -0.248. The fraction of sp³-hybridized carbons (Fsp3) is 0.103. The lowest BCUT2D eigenvalue weighted by Gasteiger charge is -2.15. The normalized spacial score (nSPS) is 11.4. The molecular formula is C29H24O7. The van der Waals surface area contributed by atoms with E-state index in [1.165, 1.54) is 12.1 Å². The Kier molecular flexibility index (Phi) is 5.40. The first-order chi connectivity index (χ1) is 17.1. The number of phenols is 7. The molecule has 7 nitrogen and oxygen atoms in total. The summed E-state index contributed by atoms with van der Waals surface area (Å²) < 4.78 is 0. The summed E-state index contributed by atoms with van der Waals surface area (Å²) in [4.78, 5) is 0. The maximum Gasteiger partial charge on any atom is 0.130 e. The van der Waals surface area contributed by atoms with Gasteiger partial charge < -0.3 is 35.7 Å².